The summed E-state index contributed by atoms with van der Waals surface area (Å²) in [5.41, 5.74) is 4.87. The summed E-state index contributed by atoms with van der Waals surface area (Å²) in [7, 11) is 2.53. The van der Waals surface area contributed by atoms with E-state index in [4.69, 9.17) is 10.6 Å². The fourth-order valence-corrected chi connectivity index (χ4v) is 7.54. The molecule has 12 heteroatoms. The number of anilines is 2. The van der Waals surface area contributed by atoms with E-state index in [1.165, 1.54) is 35.9 Å². The number of nitrogens with two attached hydrogens (primary N) is 1. The maximum absolute atomic E-state index is 14.7. The van der Waals surface area contributed by atoms with Crippen molar-refractivity contribution in [2.75, 3.05) is 48.3 Å². The van der Waals surface area contributed by atoms with Gasteiger partial charge in [0.2, 0.25) is 0 Å². The van der Waals surface area contributed by atoms with Crippen molar-refractivity contribution in [2.24, 2.45) is 10.9 Å². The second-order valence-corrected chi connectivity index (χ2v) is 15.2. The molecule has 9 nitrogen and oxygen atoms in total. The van der Waals surface area contributed by atoms with Crippen molar-refractivity contribution >= 4 is 44.0 Å². The third-order valence-corrected chi connectivity index (χ3v) is 11.1. The van der Waals surface area contributed by atoms with Gasteiger partial charge < -0.3 is 20.1 Å². The molecule has 5 atom stereocenters. The molecule has 2 saturated heterocycles. The van der Waals surface area contributed by atoms with Crippen molar-refractivity contribution in [3.8, 4) is 0 Å². The van der Waals surface area contributed by atoms with Crippen LogP contribution in [-0.2, 0) is 10.3 Å². The zero-order valence-corrected chi connectivity index (χ0v) is 33.3. The first kappa shape index (κ1) is 41.7. The van der Waals surface area contributed by atoms with Crippen molar-refractivity contribution in [1.82, 2.24) is 15.8 Å². The van der Waals surface area contributed by atoms with E-state index in [1.54, 1.807) is 30.0 Å². The highest BCUT2D eigenvalue weighted by Crippen LogP contribution is 2.41. The summed E-state index contributed by atoms with van der Waals surface area (Å²) in [5, 5.41) is 19.8. The second-order valence-electron chi connectivity index (χ2n) is 13.5. The van der Waals surface area contributed by atoms with E-state index in [2.05, 4.69) is 74.7 Å². The summed E-state index contributed by atoms with van der Waals surface area (Å²) in [6, 6.07) is 23.8. The lowest BCUT2D eigenvalue weighted by atomic mass is 9.90. The van der Waals surface area contributed by atoms with Gasteiger partial charge in [0.1, 0.15) is 23.6 Å². The first-order valence-electron chi connectivity index (χ1n) is 18.5. The molecule has 3 aromatic carbocycles. The van der Waals surface area contributed by atoms with Gasteiger partial charge in [0.15, 0.2) is 0 Å². The number of piperazine rings is 1. The molecule has 0 aromatic heterocycles. The molecule has 3 aliphatic rings. The normalized spacial score (nSPS) is 21.0. The lowest BCUT2D eigenvalue weighted by Crippen LogP contribution is -2.43. The summed E-state index contributed by atoms with van der Waals surface area (Å²) < 4.78 is 21.1. The number of hydrogen-bond acceptors (Lipinski definition) is 10. The van der Waals surface area contributed by atoms with Crippen LogP contribution in [0.3, 0.4) is 0 Å². The number of aliphatic hydroxyl groups excluding tert-OH is 1. The van der Waals surface area contributed by atoms with Crippen LogP contribution in [0.25, 0.3) is 0 Å². The molecule has 3 aromatic rings. The molecule has 2 fully saturated rings. The fraction of sp³-hybridized carbons (Fsp3) is 0.475. The quantitative estimate of drug-likeness (QED) is 0.0711. The number of halogens is 1. The van der Waals surface area contributed by atoms with Gasteiger partial charge in [0.25, 0.3) is 0 Å². The average molecular weight is 752 g/mol. The molecule has 6 rings (SSSR count). The Labute approximate surface area is 317 Å². The van der Waals surface area contributed by atoms with E-state index in [1.807, 2.05) is 54.3 Å². The minimum atomic E-state index is -0.714. The molecule has 284 valence electrons. The van der Waals surface area contributed by atoms with Crippen LogP contribution in [-0.4, -0.2) is 73.2 Å². The number of thioether (sulfide) groups is 1. The Morgan fingerprint density at radius 1 is 1.08 bits per heavy atom. The Balaban J connectivity index is 0.000000231. The maximum atomic E-state index is 14.7. The minimum Gasteiger partial charge on any atom is -0.391 e. The molecule has 5 unspecified atom stereocenters. The number of benzene rings is 3. The van der Waals surface area contributed by atoms with E-state index in [0.717, 1.165) is 61.6 Å². The van der Waals surface area contributed by atoms with Crippen LogP contribution in [0.2, 0.25) is 0 Å². The number of hydrazine groups is 1. The maximum Gasteiger partial charge on any atom is 0.129 e. The van der Waals surface area contributed by atoms with Crippen LogP contribution in [0, 0.1) is 5.82 Å². The van der Waals surface area contributed by atoms with Crippen molar-refractivity contribution in [2.45, 2.75) is 88.5 Å². The standard InChI is InChI=1S/C22H30FN4OPS.C13H17N3O.C5H12/c23-21-13-18(29)3-6-20(21)22(15-26-24)8-7-17(28-22)14-30-19-4-1-16(2-5-19)27-11-9-25-10-12-27;1-10(11(2)17)16-12(3)15(9-14-16)13-7-5-4-6-8-13;1-3-5-4-2/h1-6,13,17,25-26H,7-12,14-15,24,29H2;4-11,17H,3H2,1-2H3;3-5H2,1-2H3. The van der Waals surface area contributed by atoms with Gasteiger partial charge >= 0.3 is 0 Å². The summed E-state index contributed by atoms with van der Waals surface area (Å²) in [6.07, 6.45) is 7.03. The summed E-state index contributed by atoms with van der Waals surface area (Å²) in [4.78, 5) is 5.54. The Bertz CT molecular complexity index is 1540. The number of hydrazone groups is 1. The lowest BCUT2D eigenvalue weighted by Gasteiger charge is -2.30. The van der Waals surface area contributed by atoms with E-state index in [9.17, 15) is 9.50 Å². The van der Waals surface area contributed by atoms with E-state index in [-0.39, 0.29) is 18.0 Å². The highest BCUT2D eigenvalue weighted by atomic mass is 32.2. The summed E-state index contributed by atoms with van der Waals surface area (Å²) >= 11 is 1.79. The van der Waals surface area contributed by atoms with Crippen LogP contribution < -0.4 is 31.7 Å². The van der Waals surface area contributed by atoms with Gasteiger partial charge in [-0.3, -0.25) is 16.2 Å². The van der Waals surface area contributed by atoms with E-state index >= 15 is 0 Å². The van der Waals surface area contributed by atoms with E-state index in [0.29, 0.717) is 12.1 Å². The molecular formula is C40H59FN7O2PS. The van der Waals surface area contributed by atoms with Crippen LogP contribution in [0.15, 0.2) is 95.2 Å². The number of aliphatic hydroxyl groups is 1. The molecule has 3 aliphatic heterocycles. The number of nitrogens with zero attached hydrogens (tertiary/aromatic N) is 4. The predicted molar refractivity (Wildman–Crippen MR) is 221 cm³/mol. The van der Waals surface area contributed by atoms with Crippen molar-refractivity contribution in [3.05, 3.63) is 96.6 Å². The lowest BCUT2D eigenvalue weighted by molar-refractivity contribution is -0.0376. The zero-order chi connectivity index (χ0) is 37.5. The van der Waals surface area contributed by atoms with Gasteiger partial charge in [-0.1, -0.05) is 70.0 Å². The molecule has 0 radical (unpaired) electrons. The van der Waals surface area contributed by atoms with Gasteiger partial charge in [-0.25, -0.2) is 9.40 Å². The monoisotopic (exact) mass is 751 g/mol. The molecule has 0 spiro atoms. The Kier molecular flexibility index (Phi) is 16.9. The first-order chi connectivity index (χ1) is 25.1. The van der Waals surface area contributed by atoms with Crippen LogP contribution in [0.4, 0.5) is 15.8 Å². The smallest absolute Gasteiger partial charge is 0.129 e. The van der Waals surface area contributed by atoms with Gasteiger partial charge in [-0.05, 0) is 74.5 Å². The average Bonchev–Trinajstić information content (AvgIpc) is 3.75. The molecule has 0 aliphatic carbocycles. The third kappa shape index (κ3) is 11.5. The molecule has 52 heavy (non-hydrogen) atoms. The summed E-state index contributed by atoms with van der Waals surface area (Å²) in [5.74, 6) is 6.98. The van der Waals surface area contributed by atoms with Gasteiger partial charge in [0.05, 0.1) is 18.2 Å². The van der Waals surface area contributed by atoms with Crippen molar-refractivity contribution in [1.29, 1.82) is 0 Å². The van der Waals surface area contributed by atoms with Crippen LogP contribution in [0.1, 0.15) is 65.4 Å². The number of para-hydroxylation sites is 1. The highest BCUT2D eigenvalue weighted by Gasteiger charge is 2.43. The molecular weight excluding hydrogens is 693 g/mol. The minimum absolute atomic E-state index is 0.0614. The third-order valence-electron chi connectivity index (χ3n) is 9.55. The molecule has 3 heterocycles. The van der Waals surface area contributed by atoms with Gasteiger partial charge in [-0.2, -0.15) is 5.10 Å². The van der Waals surface area contributed by atoms with Gasteiger partial charge in [-0.15, -0.1) is 21.0 Å². The number of rotatable bonds is 12. The van der Waals surface area contributed by atoms with E-state index < -0.39 is 11.7 Å². The van der Waals surface area contributed by atoms with Crippen LogP contribution >= 0.6 is 21.0 Å². The Morgan fingerprint density at radius 2 is 1.77 bits per heavy atom. The SMILES string of the molecule is C=C1N(c2ccccc2)C=NN1C(C)C(C)O.CCCCC.NNCC1(c2ccc(P)cc2F)CCC(CSc2ccc(N3CCNCC3)cc2)O1. The molecule has 0 saturated carbocycles. The van der Waals surface area contributed by atoms with Crippen molar-refractivity contribution < 1.29 is 14.2 Å². The van der Waals surface area contributed by atoms with Crippen molar-refractivity contribution in [3.63, 3.8) is 0 Å². The highest BCUT2D eigenvalue weighted by molar-refractivity contribution is 7.99. The number of unbranched alkanes of at least 4 members (excludes halogenated alkanes) is 2. The Morgan fingerprint density at radius 3 is 2.37 bits per heavy atom. The zero-order valence-electron chi connectivity index (χ0n) is 31.3. The number of nitrogens with one attached hydrogen (secondary N) is 2. The Hall–Kier alpha value is -3.02. The van der Waals surface area contributed by atoms with Gasteiger partial charge in [0, 0.05) is 60.3 Å². The molecule has 0 amide bonds. The second kappa shape index (κ2) is 21.0. The van der Waals surface area contributed by atoms with Crippen LogP contribution in [0.5, 0.6) is 0 Å². The molecule has 0 bridgehead atoms. The fourth-order valence-electron chi connectivity index (χ4n) is 6.36. The first-order valence-corrected chi connectivity index (χ1v) is 20.1. The summed E-state index contributed by atoms with van der Waals surface area (Å²) in [6.45, 7) is 16.7. The predicted octanol–water partition coefficient (Wildman–Crippen LogP) is 6.55. The number of hydrogen-bond donors (Lipinski definition) is 4. The molecule has 5 N–H and O–H groups in total. The number of ether oxygens (including phenoxy) is 1. The topological polar surface area (TPSA) is 102 Å². The largest absolute Gasteiger partial charge is 0.391 e.